The summed E-state index contributed by atoms with van der Waals surface area (Å²) in [5.74, 6) is 0.606. The number of amides is 1. The Hall–Kier alpha value is -2.66. The summed E-state index contributed by atoms with van der Waals surface area (Å²) < 4.78 is 5.43. The van der Waals surface area contributed by atoms with Crippen molar-refractivity contribution in [2.75, 3.05) is 6.61 Å². The molecule has 118 valence electrons. The van der Waals surface area contributed by atoms with Gasteiger partial charge < -0.3 is 9.94 Å². The standard InChI is InChI=1S/C18H18N2O3/c1-3-23-14-7-5-13(6-8-14)11-20-16-9-4-12(2)10-15(16)17(19-22)18(20)21/h4-10,22H,3,11H2,1-2H3/p+1. The zero-order chi connectivity index (χ0) is 16.4. The van der Waals surface area contributed by atoms with Crippen LogP contribution in [0, 0.1) is 6.92 Å². The van der Waals surface area contributed by atoms with E-state index in [-0.39, 0.29) is 11.6 Å². The second-order valence-corrected chi connectivity index (χ2v) is 5.56. The van der Waals surface area contributed by atoms with Gasteiger partial charge in [-0.25, -0.2) is 9.69 Å². The van der Waals surface area contributed by atoms with E-state index in [1.165, 1.54) is 0 Å². The van der Waals surface area contributed by atoms with E-state index in [9.17, 15) is 10.0 Å². The van der Waals surface area contributed by atoms with Crippen LogP contribution < -0.4 is 9.64 Å². The summed E-state index contributed by atoms with van der Waals surface area (Å²) in [6.07, 6.45) is 0. The number of aryl methyl sites for hydroxylation is 1. The van der Waals surface area contributed by atoms with Gasteiger partial charge >= 0.3 is 5.91 Å². The summed E-state index contributed by atoms with van der Waals surface area (Å²) in [5, 5.41) is 12.4. The van der Waals surface area contributed by atoms with Crippen molar-refractivity contribution in [1.82, 2.24) is 0 Å². The Balaban J connectivity index is 1.90. The Morgan fingerprint density at radius 3 is 2.57 bits per heavy atom. The molecule has 0 aliphatic carbocycles. The van der Waals surface area contributed by atoms with Crippen LogP contribution in [0.1, 0.15) is 23.6 Å². The molecule has 0 radical (unpaired) electrons. The van der Waals surface area contributed by atoms with Crippen LogP contribution in [0.15, 0.2) is 47.6 Å². The van der Waals surface area contributed by atoms with Gasteiger partial charge in [0, 0.05) is 11.6 Å². The van der Waals surface area contributed by atoms with Crippen molar-refractivity contribution < 1.29 is 19.6 Å². The molecule has 1 aliphatic rings. The molecule has 1 aliphatic heterocycles. The Morgan fingerprint density at radius 1 is 1.17 bits per heavy atom. The number of rotatable bonds is 4. The smallest absolute Gasteiger partial charge is 0.372 e. The minimum absolute atomic E-state index is 0.129. The van der Waals surface area contributed by atoms with Crippen LogP contribution in [0.2, 0.25) is 0 Å². The average Bonchev–Trinajstić information content (AvgIpc) is 2.80. The molecule has 0 fully saturated rings. The number of nitrogens with one attached hydrogen (secondary N) is 1. The molecule has 2 aromatic carbocycles. The van der Waals surface area contributed by atoms with Gasteiger partial charge in [0.05, 0.1) is 12.2 Å². The lowest BCUT2D eigenvalue weighted by Crippen LogP contribution is -3.07. The van der Waals surface area contributed by atoms with E-state index in [0.29, 0.717) is 23.6 Å². The minimum atomic E-state index is -0.206. The van der Waals surface area contributed by atoms with Gasteiger partial charge in [-0.05, 0) is 49.7 Å². The van der Waals surface area contributed by atoms with Crippen molar-refractivity contribution in [1.29, 1.82) is 0 Å². The van der Waals surface area contributed by atoms with Crippen LogP contribution in [0.25, 0.3) is 0 Å². The van der Waals surface area contributed by atoms with Gasteiger partial charge in [-0.1, -0.05) is 11.2 Å². The first-order chi connectivity index (χ1) is 11.1. The third kappa shape index (κ3) is 2.83. The number of benzene rings is 2. The predicted octanol–water partition coefficient (Wildman–Crippen LogP) is 1.83. The van der Waals surface area contributed by atoms with E-state index in [1.807, 2.05) is 56.3 Å². The second-order valence-electron chi connectivity index (χ2n) is 5.56. The van der Waals surface area contributed by atoms with Crippen molar-refractivity contribution in [2.45, 2.75) is 20.4 Å². The molecule has 1 unspecified atom stereocenters. The van der Waals surface area contributed by atoms with E-state index in [2.05, 4.69) is 5.16 Å². The minimum Gasteiger partial charge on any atom is -0.494 e. The maximum Gasteiger partial charge on any atom is 0.372 e. The van der Waals surface area contributed by atoms with Gasteiger partial charge in [0.25, 0.3) is 0 Å². The summed E-state index contributed by atoms with van der Waals surface area (Å²) in [6, 6.07) is 13.5. The van der Waals surface area contributed by atoms with E-state index in [0.717, 1.165) is 22.6 Å². The molecule has 1 atom stereocenters. The number of oxime groups is 1. The molecule has 0 bridgehead atoms. The highest BCUT2D eigenvalue weighted by Gasteiger charge is 2.40. The molecule has 0 saturated heterocycles. The first kappa shape index (κ1) is 15.2. The Kier molecular flexibility index (Phi) is 4.12. The van der Waals surface area contributed by atoms with E-state index < -0.39 is 0 Å². The molecular weight excluding hydrogens is 292 g/mol. The van der Waals surface area contributed by atoms with Crippen LogP contribution >= 0.6 is 0 Å². The van der Waals surface area contributed by atoms with Crippen LogP contribution in [0.5, 0.6) is 5.75 Å². The number of nitrogens with zero attached hydrogens (tertiary/aromatic N) is 1. The number of ether oxygens (including phenoxy) is 1. The third-order valence-electron chi connectivity index (χ3n) is 3.96. The van der Waals surface area contributed by atoms with Gasteiger partial charge in [-0.2, -0.15) is 0 Å². The fourth-order valence-electron chi connectivity index (χ4n) is 2.85. The van der Waals surface area contributed by atoms with Gasteiger partial charge in [0.15, 0.2) is 0 Å². The van der Waals surface area contributed by atoms with E-state index >= 15 is 0 Å². The fraction of sp³-hybridized carbons (Fsp3) is 0.222. The number of fused-ring (bicyclic) bond motifs is 1. The molecule has 0 saturated carbocycles. The van der Waals surface area contributed by atoms with Crippen LogP contribution in [-0.4, -0.2) is 23.4 Å². The number of hydrogen-bond acceptors (Lipinski definition) is 4. The third-order valence-corrected chi connectivity index (χ3v) is 3.96. The zero-order valence-corrected chi connectivity index (χ0v) is 13.2. The lowest BCUT2D eigenvalue weighted by atomic mass is 10.1. The highest BCUT2D eigenvalue weighted by molar-refractivity contribution is 6.45. The molecule has 0 aromatic heterocycles. The molecule has 1 amide bonds. The molecule has 5 heteroatoms. The maximum atomic E-state index is 12.5. The van der Waals surface area contributed by atoms with Crippen molar-refractivity contribution in [3.05, 3.63) is 59.2 Å². The summed E-state index contributed by atoms with van der Waals surface area (Å²) in [7, 11) is 0. The summed E-state index contributed by atoms with van der Waals surface area (Å²) in [4.78, 5) is 13.2. The van der Waals surface area contributed by atoms with Crippen molar-refractivity contribution >= 4 is 17.3 Å². The van der Waals surface area contributed by atoms with Gasteiger partial charge in [-0.15, -0.1) is 0 Å². The SMILES string of the molecule is CCOc1ccc(C[NH+]2C(=O)C(=NO)c3cc(C)ccc32)cc1. The Labute approximate surface area is 134 Å². The molecular formula is C18H19N2O3+. The van der Waals surface area contributed by atoms with Crippen LogP contribution in [-0.2, 0) is 11.3 Å². The van der Waals surface area contributed by atoms with Crippen LogP contribution in [0.3, 0.4) is 0 Å². The second kappa shape index (κ2) is 6.22. The summed E-state index contributed by atoms with van der Waals surface area (Å²) >= 11 is 0. The molecule has 3 rings (SSSR count). The maximum absolute atomic E-state index is 12.5. The zero-order valence-electron chi connectivity index (χ0n) is 13.2. The number of hydrogen-bond donors (Lipinski definition) is 2. The highest BCUT2D eigenvalue weighted by atomic mass is 16.5. The first-order valence-electron chi connectivity index (χ1n) is 7.59. The average molecular weight is 311 g/mol. The first-order valence-corrected chi connectivity index (χ1v) is 7.59. The lowest BCUT2D eigenvalue weighted by Gasteiger charge is -2.11. The molecule has 1 heterocycles. The quantitative estimate of drug-likeness (QED) is 0.669. The predicted molar refractivity (Wildman–Crippen MR) is 86.4 cm³/mol. The van der Waals surface area contributed by atoms with Gasteiger partial charge in [0.1, 0.15) is 18.0 Å². The molecule has 0 spiro atoms. The largest absolute Gasteiger partial charge is 0.494 e. The van der Waals surface area contributed by atoms with Crippen molar-refractivity contribution in [3.63, 3.8) is 0 Å². The lowest BCUT2D eigenvalue weighted by molar-refractivity contribution is -0.757. The van der Waals surface area contributed by atoms with Crippen LogP contribution in [0.4, 0.5) is 5.69 Å². The Morgan fingerprint density at radius 2 is 1.91 bits per heavy atom. The van der Waals surface area contributed by atoms with E-state index in [1.54, 1.807) is 0 Å². The highest BCUT2D eigenvalue weighted by Crippen LogP contribution is 2.20. The molecule has 2 N–H and O–H groups in total. The number of carbonyl (C=O) groups is 1. The molecule has 2 aromatic rings. The summed E-state index contributed by atoms with van der Waals surface area (Å²) in [5.41, 5.74) is 3.73. The van der Waals surface area contributed by atoms with Crippen molar-refractivity contribution in [3.8, 4) is 5.75 Å². The van der Waals surface area contributed by atoms with Gasteiger partial charge in [0.2, 0.25) is 5.71 Å². The fourth-order valence-corrected chi connectivity index (χ4v) is 2.85. The van der Waals surface area contributed by atoms with Crippen molar-refractivity contribution in [2.24, 2.45) is 5.16 Å². The Bertz CT molecular complexity index is 766. The monoisotopic (exact) mass is 311 g/mol. The molecule has 5 nitrogen and oxygen atoms in total. The summed E-state index contributed by atoms with van der Waals surface area (Å²) in [6.45, 7) is 5.01. The van der Waals surface area contributed by atoms with E-state index in [4.69, 9.17) is 4.74 Å². The van der Waals surface area contributed by atoms with Gasteiger partial charge in [-0.3, -0.25) is 0 Å². The topological polar surface area (TPSA) is 63.3 Å². The molecule has 23 heavy (non-hydrogen) atoms. The normalized spacial score (nSPS) is 18.3. The number of carbonyl (C=O) groups excluding carboxylic acids is 1. The number of quaternary nitrogens is 1.